The van der Waals surface area contributed by atoms with Crippen molar-refractivity contribution in [1.29, 1.82) is 0 Å². The lowest BCUT2D eigenvalue weighted by atomic mass is 10.1. The molecule has 0 radical (unpaired) electrons. The lowest BCUT2D eigenvalue weighted by Crippen LogP contribution is -2.42. The zero-order valence-electron chi connectivity index (χ0n) is 35.4. The Kier molecular flexibility index (Phi) is 10.3. The van der Waals surface area contributed by atoms with Crippen molar-refractivity contribution in [2.24, 2.45) is 10.2 Å². The Labute approximate surface area is 379 Å². The van der Waals surface area contributed by atoms with E-state index in [9.17, 15) is 10.1 Å². The van der Waals surface area contributed by atoms with Crippen molar-refractivity contribution >= 4 is 32.9 Å². The number of benzene rings is 9. The molecular weight excluding hydrogens is 819 g/mol. The van der Waals surface area contributed by atoms with Crippen molar-refractivity contribution in [2.75, 3.05) is 0 Å². The Balaban J connectivity index is 1.31. The molecule has 9 aromatic carbocycles. The fraction of sp³-hybridized carbons (Fsp3) is 0.0182. The number of rotatable bonds is 11. The molecule has 11 rings (SSSR count). The van der Waals surface area contributed by atoms with Crippen LogP contribution in [0, 0.1) is 10.1 Å². The third-order valence-electron chi connectivity index (χ3n) is 11.6. The van der Waals surface area contributed by atoms with Gasteiger partial charge in [0, 0.05) is 22.9 Å². The highest BCUT2D eigenvalue weighted by Gasteiger charge is 2.45. The zero-order chi connectivity index (χ0) is 44.4. The molecule has 0 spiro atoms. The average molecular weight is 858 g/mol. The molecule has 0 atom stereocenters. The van der Waals surface area contributed by atoms with E-state index in [1.807, 2.05) is 131 Å². The molecule has 11 aromatic rings. The van der Waals surface area contributed by atoms with E-state index in [0.717, 1.165) is 67.1 Å². The van der Waals surface area contributed by atoms with Gasteiger partial charge in [0.15, 0.2) is 0 Å². The summed E-state index contributed by atoms with van der Waals surface area (Å²) in [5, 5.41) is 37.3. The average Bonchev–Trinajstić information content (AvgIpc) is 3.98. The minimum Gasteiger partial charge on any atom is -0.258 e. The lowest BCUT2D eigenvalue weighted by Gasteiger charge is -2.12. The minimum atomic E-state index is -1.02. The number of azo groups is 1. The van der Waals surface area contributed by atoms with Crippen LogP contribution in [0.1, 0.15) is 17.7 Å². The predicted molar refractivity (Wildman–Crippen MR) is 256 cm³/mol. The Morgan fingerprint density at radius 1 is 0.455 bits per heavy atom. The first-order valence-corrected chi connectivity index (χ1v) is 21.5. The standard InChI is InChI=1S/C55H39N9O2/c65-64(66)46-37-35-43(36-38-46)56-57-51(52-58-62(44-27-9-3-10-28-44)54(41-21-5-1-6-22-41)60(52)49-33-17-25-39-19-13-15-31-47(39)49)53-59-63(45-29-11-4-12-30-45)55(42-23-7-2-8-24-42)61(53)50-34-18-26-40-20-14-16-32-48(40)50/h1-38,51H/q+2. The highest BCUT2D eigenvalue weighted by Crippen LogP contribution is 2.34. The fourth-order valence-corrected chi connectivity index (χ4v) is 8.59. The van der Waals surface area contributed by atoms with Crippen molar-refractivity contribution < 1.29 is 14.1 Å². The molecule has 11 nitrogen and oxygen atoms in total. The van der Waals surface area contributed by atoms with Gasteiger partial charge in [-0.15, -0.1) is 0 Å². The summed E-state index contributed by atoms with van der Waals surface area (Å²) in [5.74, 6) is 2.61. The molecule has 0 aliphatic rings. The summed E-state index contributed by atoms with van der Waals surface area (Å²) in [4.78, 5) is 11.3. The molecule has 2 heterocycles. The van der Waals surface area contributed by atoms with Crippen molar-refractivity contribution in [3.63, 3.8) is 0 Å². The molecule has 0 saturated heterocycles. The Hall–Kier alpha value is -9.22. The topological polar surface area (TPSA) is 111 Å². The normalized spacial score (nSPS) is 11.5. The van der Waals surface area contributed by atoms with E-state index in [-0.39, 0.29) is 5.69 Å². The maximum atomic E-state index is 11.7. The van der Waals surface area contributed by atoms with E-state index in [2.05, 4.69) is 94.1 Å². The van der Waals surface area contributed by atoms with Crippen LogP contribution in [-0.2, 0) is 0 Å². The van der Waals surface area contributed by atoms with Gasteiger partial charge < -0.3 is 0 Å². The Morgan fingerprint density at radius 2 is 0.848 bits per heavy atom. The van der Waals surface area contributed by atoms with Gasteiger partial charge in [-0.3, -0.25) is 10.1 Å². The van der Waals surface area contributed by atoms with Gasteiger partial charge in [0.25, 0.3) is 23.4 Å². The van der Waals surface area contributed by atoms with Gasteiger partial charge in [-0.25, -0.2) is 0 Å². The molecule has 0 saturated carbocycles. The maximum Gasteiger partial charge on any atom is 0.321 e. The van der Waals surface area contributed by atoms with Crippen molar-refractivity contribution in [3.05, 3.63) is 252 Å². The van der Waals surface area contributed by atoms with Crippen LogP contribution >= 0.6 is 0 Å². The van der Waals surface area contributed by atoms with Gasteiger partial charge in [0.1, 0.15) is 22.7 Å². The second-order valence-corrected chi connectivity index (χ2v) is 15.6. The number of nitrogens with zero attached hydrogens (tertiary/aromatic N) is 9. The largest absolute Gasteiger partial charge is 0.321 e. The summed E-state index contributed by atoms with van der Waals surface area (Å²) in [6.45, 7) is 0. The molecule has 11 heteroatoms. The number of nitro benzene ring substituents is 1. The van der Waals surface area contributed by atoms with E-state index in [4.69, 9.17) is 20.4 Å². The van der Waals surface area contributed by atoms with E-state index < -0.39 is 11.0 Å². The second-order valence-electron chi connectivity index (χ2n) is 15.6. The number of hydrogen-bond donors (Lipinski definition) is 0. The van der Waals surface area contributed by atoms with Gasteiger partial charge >= 0.3 is 11.6 Å². The van der Waals surface area contributed by atoms with Crippen LogP contribution in [0.5, 0.6) is 0 Å². The van der Waals surface area contributed by atoms with Crippen LogP contribution in [0.2, 0.25) is 0 Å². The molecule has 0 fully saturated rings. The fourth-order valence-electron chi connectivity index (χ4n) is 8.59. The first-order valence-electron chi connectivity index (χ1n) is 21.5. The van der Waals surface area contributed by atoms with Gasteiger partial charge in [-0.2, -0.15) is 19.4 Å². The van der Waals surface area contributed by atoms with Crippen LogP contribution in [0.4, 0.5) is 11.4 Å². The molecule has 66 heavy (non-hydrogen) atoms. The minimum absolute atomic E-state index is 0.0451. The zero-order valence-corrected chi connectivity index (χ0v) is 35.4. The first-order chi connectivity index (χ1) is 32.6. The summed E-state index contributed by atoms with van der Waals surface area (Å²) < 4.78 is 8.30. The number of nitro groups is 1. The summed E-state index contributed by atoms with van der Waals surface area (Å²) in [5.41, 5.74) is 5.64. The van der Waals surface area contributed by atoms with E-state index in [0.29, 0.717) is 17.3 Å². The smallest absolute Gasteiger partial charge is 0.258 e. The molecule has 314 valence electrons. The molecule has 0 unspecified atom stereocenters. The van der Waals surface area contributed by atoms with Gasteiger partial charge in [-0.05, 0) is 83.6 Å². The lowest BCUT2D eigenvalue weighted by molar-refractivity contribution is -0.608. The maximum absolute atomic E-state index is 11.7. The summed E-state index contributed by atoms with van der Waals surface area (Å²) in [6, 6.07) is 74.9. The number of fused-ring (bicyclic) bond motifs is 2. The summed E-state index contributed by atoms with van der Waals surface area (Å²) >= 11 is 0. The predicted octanol–water partition coefficient (Wildman–Crippen LogP) is 12.0. The highest BCUT2D eigenvalue weighted by molar-refractivity contribution is 5.89. The van der Waals surface area contributed by atoms with Gasteiger partial charge in [0.2, 0.25) is 0 Å². The van der Waals surface area contributed by atoms with E-state index in [1.54, 1.807) is 12.1 Å². The molecule has 0 N–H and O–H groups in total. The quantitative estimate of drug-likeness (QED) is 0.0558. The van der Waals surface area contributed by atoms with Crippen molar-refractivity contribution in [3.8, 4) is 45.5 Å². The second kappa shape index (κ2) is 17.2. The molecule has 0 aliphatic heterocycles. The molecule has 0 amide bonds. The van der Waals surface area contributed by atoms with Crippen molar-refractivity contribution in [2.45, 2.75) is 6.04 Å². The molecule has 2 aromatic heterocycles. The Morgan fingerprint density at radius 3 is 1.29 bits per heavy atom. The first kappa shape index (κ1) is 39.6. The van der Waals surface area contributed by atoms with E-state index >= 15 is 0 Å². The number of para-hydroxylation sites is 2. The van der Waals surface area contributed by atoms with Gasteiger partial charge in [-0.1, -0.05) is 155 Å². The number of non-ortho nitro benzene ring substituents is 1. The monoisotopic (exact) mass is 857 g/mol. The summed E-state index contributed by atoms with van der Waals surface area (Å²) in [6.07, 6.45) is 0. The van der Waals surface area contributed by atoms with Gasteiger partial charge in [0.05, 0.1) is 31.9 Å². The molecule has 0 aliphatic carbocycles. The Bertz CT molecular complexity index is 3340. The molecular formula is C55H39N9O2+2. The summed E-state index contributed by atoms with van der Waals surface area (Å²) in [7, 11) is 0. The van der Waals surface area contributed by atoms with Crippen LogP contribution in [0.3, 0.4) is 0 Å². The van der Waals surface area contributed by atoms with Crippen LogP contribution < -0.4 is 9.13 Å². The number of aromatic nitrogens is 6. The highest BCUT2D eigenvalue weighted by atomic mass is 16.6. The molecule has 0 bridgehead atoms. The van der Waals surface area contributed by atoms with Crippen LogP contribution in [0.15, 0.2) is 241 Å². The third kappa shape index (κ3) is 7.25. The SMILES string of the molecule is O=[N+]([O-])c1ccc(N=NC(c2nn(-c3ccccc3)c(-c3ccccc3)[n+]2-c2cccc3ccccc23)c2nn(-c3ccccc3)c(-c3ccccc3)[n+]2-c2cccc3ccccc23)cc1. The van der Waals surface area contributed by atoms with Crippen LogP contribution in [-0.4, -0.2) is 24.5 Å². The number of hydrogen-bond acceptors (Lipinski definition) is 6. The third-order valence-corrected chi connectivity index (χ3v) is 11.6. The van der Waals surface area contributed by atoms with Crippen molar-refractivity contribution in [1.82, 2.24) is 19.6 Å². The van der Waals surface area contributed by atoms with Crippen LogP contribution in [0.25, 0.3) is 67.1 Å². The van der Waals surface area contributed by atoms with E-state index in [1.165, 1.54) is 12.1 Å².